The van der Waals surface area contributed by atoms with Crippen molar-refractivity contribution < 1.29 is 30.8 Å². The fourth-order valence-electron chi connectivity index (χ4n) is 3.11. The first-order chi connectivity index (χ1) is 14.7. The van der Waals surface area contributed by atoms with Crippen LogP contribution >= 0.6 is 11.3 Å². The average molecular weight is 474 g/mol. The van der Waals surface area contributed by atoms with Crippen LogP contribution in [0.4, 0.5) is 13.2 Å². The number of nitrogens with zero attached hydrogens (tertiary/aromatic N) is 4. The van der Waals surface area contributed by atoms with Crippen molar-refractivity contribution in [1.82, 2.24) is 19.3 Å². The number of halogens is 3. The predicted molar refractivity (Wildman–Crippen MR) is 105 cm³/mol. The van der Waals surface area contributed by atoms with E-state index in [0.29, 0.717) is 31.3 Å². The zero-order valence-electron chi connectivity index (χ0n) is 15.9. The summed E-state index contributed by atoms with van der Waals surface area (Å²) in [5, 5.41) is 5.88. The molecule has 8 nitrogen and oxygen atoms in total. The Morgan fingerprint density at radius 1 is 1.10 bits per heavy atom. The minimum Gasteiger partial charge on any atom is -0.406 e. The van der Waals surface area contributed by atoms with Gasteiger partial charge in [-0.2, -0.15) is 9.29 Å². The van der Waals surface area contributed by atoms with Crippen molar-refractivity contribution in [3.8, 4) is 16.5 Å². The third kappa shape index (κ3) is 5.23. The standard InChI is InChI=1S/C18H17F3N4O4S2/c19-18(20,21)28-13-3-5-14(6-4-13)31(26,27)25-9-7-24(8-10-25)12-16-22-17(23-29-16)15-2-1-11-30-15/h1-6,11H,7-10,12H2. The summed E-state index contributed by atoms with van der Waals surface area (Å²) in [6.07, 6.45) is -4.83. The fraction of sp³-hybridized carbons (Fsp3) is 0.333. The smallest absolute Gasteiger partial charge is 0.406 e. The van der Waals surface area contributed by atoms with E-state index in [2.05, 4.69) is 14.9 Å². The monoisotopic (exact) mass is 474 g/mol. The number of alkyl halides is 3. The van der Waals surface area contributed by atoms with Crippen molar-refractivity contribution >= 4 is 21.4 Å². The molecule has 31 heavy (non-hydrogen) atoms. The molecule has 2 aromatic heterocycles. The Bertz CT molecular complexity index is 1110. The zero-order chi connectivity index (χ0) is 22.1. The fourth-order valence-corrected chi connectivity index (χ4v) is 5.18. The summed E-state index contributed by atoms with van der Waals surface area (Å²) in [6.45, 7) is 1.76. The SMILES string of the molecule is O=S(=O)(c1ccc(OC(F)(F)F)cc1)N1CCN(Cc2nc(-c3cccs3)no2)CC1. The molecule has 0 atom stereocenters. The third-order valence-electron chi connectivity index (χ3n) is 4.59. The molecular weight excluding hydrogens is 457 g/mol. The van der Waals surface area contributed by atoms with Crippen LogP contribution in [0.1, 0.15) is 5.89 Å². The number of hydrogen-bond acceptors (Lipinski definition) is 8. The molecule has 0 bridgehead atoms. The molecule has 0 aliphatic carbocycles. The number of thiophene rings is 1. The summed E-state index contributed by atoms with van der Waals surface area (Å²) in [5.41, 5.74) is 0. The molecule has 13 heteroatoms. The zero-order valence-corrected chi connectivity index (χ0v) is 17.6. The minimum absolute atomic E-state index is 0.0898. The van der Waals surface area contributed by atoms with Crippen LogP contribution in [0.5, 0.6) is 5.75 Å². The molecule has 1 aromatic carbocycles. The van der Waals surface area contributed by atoms with Gasteiger partial charge < -0.3 is 9.26 Å². The van der Waals surface area contributed by atoms with Crippen LogP contribution in [0.2, 0.25) is 0 Å². The van der Waals surface area contributed by atoms with Crippen LogP contribution in [0.15, 0.2) is 51.2 Å². The summed E-state index contributed by atoms with van der Waals surface area (Å²) in [5.74, 6) is 0.488. The van der Waals surface area contributed by atoms with Gasteiger partial charge in [0.2, 0.25) is 21.7 Å². The van der Waals surface area contributed by atoms with Gasteiger partial charge in [0.15, 0.2) is 0 Å². The van der Waals surface area contributed by atoms with Gasteiger partial charge in [0.1, 0.15) is 5.75 Å². The number of sulfonamides is 1. The molecule has 3 aromatic rings. The van der Waals surface area contributed by atoms with E-state index in [1.165, 1.54) is 15.6 Å². The highest BCUT2D eigenvalue weighted by atomic mass is 32.2. The highest BCUT2D eigenvalue weighted by molar-refractivity contribution is 7.89. The Labute approximate surface area is 179 Å². The van der Waals surface area contributed by atoms with Crippen molar-refractivity contribution in [2.45, 2.75) is 17.8 Å². The maximum absolute atomic E-state index is 12.8. The van der Waals surface area contributed by atoms with E-state index in [1.807, 2.05) is 22.4 Å². The van der Waals surface area contributed by atoms with E-state index in [0.717, 1.165) is 29.1 Å². The first kappa shape index (κ1) is 21.7. The number of ether oxygens (including phenoxy) is 1. The lowest BCUT2D eigenvalue weighted by atomic mass is 10.3. The maximum Gasteiger partial charge on any atom is 0.573 e. The second-order valence-electron chi connectivity index (χ2n) is 6.69. The van der Waals surface area contributed by atoms with Crippen molar-refractivity contribution in [3.63, 3.8) is 0 Å². The minimum atomic E-state index is -4.83. The van der Waals surface area contributed by atoms with Gasteiger partial charge in [-0.15, -0.1) is 24.5 Å². The molecule has 166 valence electrons. The van der Waals surface area contributed by atoms with Crippen LogP contribution in [0.3, 0.4) is 0 Å². The molecule has 0 unspecified atom stereocenters. The first-order valence-electron chi connectivity index (χ1n) is 9.15. The Morgan fingerprint density at radius 2 is 1.81 bits per heavy atom. The highest BCUT2D eigenvalue weighted by Crippen LogP contribution is 2.26. The molecule has 0 spiro atoms. The molecule has 1 fully saturated rings. The molecular formula is C18H17F3N4O4S2. The van der Waals surface area contributed by atoms with Crippen molar-refractivity contribution in [2.24, 2.45) is 0 Å². The molecule has 0 radical (unpaired) electrons. The van der Waals surface area contributed by atoms with Crippen molar-refractivity contribution in [2.75, 3.05) is 26.2 Å². The maximum atomic E-state index is 12.8. The molecule has 4 rings (SSSR count). The molecule has 0 amide bonds. The topological polar surface area (TPSA) is 88.8 Å². The number of hydrogen-bond donors (Lipinski definition) is 0. The van der Waals surface area contributed by atoms with Crippen LogP contribution in [-0.2, 0) is 16.6 Å². The predicted octanol–water partition coefficient (Wildman–Crippen LogP) is 3.20. The highest BCUT2D eigenvalue weighted by Gasteiger charge is 2.32. The molecule has 1 saturated heterocycles. The average Bonchev–Trinajstić information content (AvgIpc) is 3.39. The number of rotatable bonds is 6. The van der Waals surface area contributed by atoms with E-state index >= 15 is 0 Å². The number of benzene rings is 1. The van der Waals surface area contributed by atoms with Gasteiger partial charge in [-0.3, -0.25) is 4.90 Å². The lowest BCUT2D eigenvalue weighted by Gasteiger charge is -2.33. The van der Waals surface area contributed by atoms with E-state index < -0.39 is 22.1 Å². The lowest BCUT2D eigenvalue weighted by molar-refractivity contribution is -0.274. The quantitative estimate of drug-likeness (QED) is 0.542. The number of piperazine rings is 1. The molecule has 3 heterocycles. The molecule has 1 aliphatic heterocycles. The summed E-state index contributed by atoms with van der Waals surface area (Å²) in [4.78, 5) is 7.17. The van der Waals surface area contributed by atoms with Crippen LogP contribution in [0, 0.1) is 0 Å². The first-order valence-corrected chi connectivity index (χ1v) is 11.5. The second kappa shape index (κ2) is 8.57. The van der Waals surface area contributed by atoms with E-state index in [1.54, 1.807) is 0 Å². The second-order valence-corrected chi connectivity index (χ2v) is 9.57. The summed E-state index contributed by atoms with van der Waals surface area (Å²) < 4.78 is 72.7. The largest absolute Gasteiger partial charge is 0.573 e. The van der Waals surface area contributed by atoms with Gasteiger partial charge in [0, 0.05) is 26.2 Å². The summed E-state index contributed by atoms with van der Waals surface area (Å²) in [6, 6.07) is 7.96. The van der Waals surface area contributed by atoms with Gasteiger partial charge >= 0.3 is 6.36 Å². The Morgan fingerprint density at radius 3 is 2.42 bits per heavy atom. The van der Waals surface area contributed by atoms with E-state index in [-0.39, 0.29) is 18.0 Å². The Hall–Kier alpha value is -2.48. The van der Waals surface area contributed by atoms with Gasteiger partial charge in [0.05, 0.1) is 16.3 Å². The summed E-state index contributed by atoms with van der Waals surface area (Å²) in [7, 11) is -3.82. The van der Waals surface area contributed by atoms with E-state index in [4.69, 9.17) is 4.52 Å². The molecule has 0 N–H and O–H groups in total. The van der Waals surface area contributed by atoms with Crippen molar-refractivity contribution in [3.05, 3.63) is 47.7 Å². The van der Waals surface area contributed by atoms with Gasteiger partial charge in [-0.1, -0.05) is 11.2 Å². The molecule has 0 saturated carbocycles. The summed E-state index contributed by atoms with van der Waals surface area (Å²) >= 11 is 1.50. The van der Waals surface area contributed by atoms with Crippen LogP contribution in [-0.4, -0.2) is 60.3 Å². The van der Waals surface area contributed by atoms with Crippen LogP contribution in [0.25, 0.3) is 10.7 Å². The Balaban J connectivity index is 1.34. The molecule has 1 aliphatic rings. The third-order valence-corrected chi connectivity index (χ3v) is 7.37. The van der Waals surface area contributed by atoms with E-state index in [9.17, 15) is 21.6 Å². The van der Waals surface area contributed by atoms with Gasteiger partial charge in [-0.05, 0) is 35.7 Å². The van der Waals surface area contributed by atoms with Gasteiger partial charge in [0.25, 0.3) is 0 Å². The lowest BCUT2D eigenvalue weighted by Crippen LogP contribution is -2.48. The Kier molecular flexibility index (Phi) is 6.01. The number of aromatic nitrogens is 2. The van der Waals surface area contributed by atoms with Gasteiger partial charge in [-0.25, -0.2) is 8.42 Å². The normalized spacial score (nSPS) is 16.5. The van der Waals surface area contributed by atoms with Crippen molar-refractivity contribution in [1.29, 1.82) is 0 Å². The van der Waals surface area contributed by atoms with Crippen LogP contribution < -0.4 is 4.74 Å².